The Morgan fingerprint density at radius 2 is 1.83 bits per heavy atom. The van der Waals surface area contributed by atoms with Gasteiger partial charge in [0.05, 0.1) is 23.0 Å². The molecule has 0 aliphatic heterocycles. The van der Waals surface area contributed by atoms with E-state index >= 15 is 0 Å². The molecule has 29 heavy (non-hydrogen) atoms. The topological polar surface area (TPSA) is 44.2 Å². The SMILES string of the molecule is CC(Oc1cccnc1)c1c(Oc2cnc3c(F)cccc3c2)ccc(F)c1Cl. The highest BCUT2D eigenvalue weighted by Gasteiger charge is 2.21. The summed E-state index contributed by atoms with van der Waals surface area (Å²) < 4.78 is 39.7. The fourth-order valence-electron chi connectivity index (χ4n) is 2.98. The number of benzene rings is 2. The van der Waals surface area contributed by atoms with E-state index in [-0.39, 0.29) is 10.5 Å². The van der Waals surface area contributed by atoms with E-state index in [0.717, 1.165) is 0 Å². The number of hydrogen-bond donors (Lipinski definition) is 0. The number of hydrogen-bond acceptors (Lipinski definition) is 4. The van der Waals surface area contributed by atoms with Crippen molar-refractivity contribution < 1.29 is 18.3 Å². The Labute approximate surface area is 170 Å². The lowest BCUT2D eigenvalue weighted by molar-refractivity contribution is 0.221. The Morgan fingerprint density at radius 1 is 0.966 bits per heavy atom. The first-order valence-electron chi connectivity index (χ1n) is 8.79. The lowest BCUT2D eigenvalue weighted by Crippen LogP contribution is -2.07. The Hall–Kier alpha value is -3.25. The van der Waals surface area contributed by atoms with E-state index in [2.05, 4.69) is 9.97 Å². The predicted molar refractivity (Wildman–Crippen MR) is 106 cm³/mol. The third-order valence-corrected chi connectivity index (χ3v) is 4.70. The van der Waals surface area contributed by atoms with Crippen molar-refractivity contribution in [2.75, 3.05) is 0 Å². The molecule has 0 amide bonds. The van der Waals surface area contributed by atoms with Gasteiger partial charge in [0.2, 0.25) is 0 Å². The largest absolute Gasteiger partial charge is 0.484 e. The highest BCUT2D eigenvalue weighted by molar-refractivity contribution is 6.31. The Morgan fingerprint density at radius 3 is 2.62 bits per heavy atom. The minimum absolute atomic E-state index is 0.0984. The van der Waals surface area contributed by atoms with Crippen molar-refractivity contribution in [2.24, 2.45) is 0 Å². The van der Waals surface area contributed by atoms with Crippen molar-refractivity contribution in [1.82, 2.24) is 9.97 Å². The zero-order valence-corrected chi connectivity index (χ0v) is 16.0. The second-order valence-corrected chi connectivity index (χ2v) is 6.68. The molecule has 1 unspecified atom stereocenters. The molecule has 2 aromatic carbocycles. The highest BCUT2D eigenvalue weighted by atomic mass is 35.5. The molecule has 7 heteroatoms. The molecule has 2 heterocycles. The van der Waals surface area contributed by atoms with E-state index in [0.29, 0.717) is 28.2 Å². The smallest absolute Gasteiger partial charge is 0.149 e. The second kappa shape index (κ2) is 8.01. The summed E-state index contributed by atoms with van der Waals surface area (Å²) in [5.74, 6) is 0.174. The van der Waals surface area contributed by atoms with Gasteiger partial charge in [-0.25, -0.2) is 13.8 Å². The van der Waals surface area contributed by atoms with Crippen molar-refractivity contribution in [1.29, 1.82) is 0 Å². The van der Waals surface area contributed by atoms with Gasteiger partial charge in [0, 0.05) is 11.6 Å². The third kappa shape index (κ3) is 3.98. The fourth-order valence-corrected chi connectivity index (χ4v) is 3.29. The monoisotopic (exact) mass is 412 g/mol. The Balaban J connectivity index is 1.70. The highest BCUT2D eigenvalue weighted by Crippen LogP contribution is 2.38. The molecule has 0 spiro atoms. The summed E-state index contributed by atoms with van der Waals surface area (Å²) in [7, 11) is 0. The van der Waals surface area contributed by atoms with Crippen molar-refractivity contribution in [2.45, 2.75) is 13.0 Å². The molecule has 1 atom stereocenters. The van der Waals surface area contributed by atoms with Gasteiger partial charge in [-0.1, -0.05) is 23.7 Å². The van der Waals surface area contributed by atoms with E-state index in [9.17, 15) is 8.78 Å². The lowest BCUT2D eigenvalue weighted by Gasteiger charge is -2.20. The third-order valence-electron chi connectivity index (χ3n) is 4.31. The van der Waals surface area contributed by atoms with Crippen LogP contribution in [-0.4, -0.2) is 9.97 Å². The molecular formula is C22H15ClF2N2O2. The molecule has 4 nitrogen and oxygen atoms in total. The lowest BCUT2D eigenvalue weighted by atomic mass is 10.1. The summed E-state index contributed by atoms with van der Waals surface area (Å²) in [6.07, 6.45) is 3.95. The number of nitrogens with zero attached hydrogens (tertiary/aromatic N) is 2. The minimum atomic E-state index is -0.622. The second-order valence-electron chi connectivity index (χ2n) is 6.31. The van der Waals surface area contributed by atoms with Gasteiger partial charge < -0.3 is 9.47 Å². The van der Waals surface area contributed by atoms with Crippen LogP contribution >= 0.6 is 11.6 Å². The van der Waals surface area contributed by atoms with E-state index in [1.807, 2.05) is 0 Å². The van der Waals surface area contributed by atoms with Crippen LogP contribution < -0.4 is 9.47 Å². The molecule has 0 bridgehead atoms. The first-order valence-corrected chi connectivity index (χ1v) is 9.17. The van der Waals surface area contributed by atoms with Gasteiger partial charge in [-0.3, -0.25) is 4.98 Å². The van der Waals surface area contributed by atoms with Crippen LogP contribution in [0, 0.1) is 11.6 Å². The number of aromatic nitrogens is 2. The zero-order valence-electron chi connectivity index (χ0n) is 15.3. The molecule has 0 saturated carbocycles. The summed E-state index contributed by atoms with van der Waals surface area (Å²) in [6.45, 7) is 1.73. The molecular weight excluding hydrogens is 398 g/mol. The van der Waals surface area contributed by atoms with Crippen LogP contribution in [-0.2, 0) is 0 Å². The van der Waals surface area contributed by atoms with Crippen molar-refractivity contribution in [3.05, 3.63) is 89.3 Å². The molecule has 4 aromatic rings. The summed E-state index contributed by atoms with van der Waals surface area (Å²) >= 11 is 6.23. The number of ether oxygens (including phenoxy) is 2. The molecule has 0 saturated heterocycles. The number of para-hydroxylation sites is 1. The van der Waals surface area contributed by atoms with Gasteiger partial charge >= 0.3 is 0 Å². The molecule has 146 valence electrons. The van der Waals surface area contributed by atoms with E-state index in [4.69, 9.17) is 21.1 Å². The summed E-state index contributed by atoms with van der Waals surface area (Å²) in [4.78, 5) is 8.11. The van der Waals surface area contributed by atoms with Crippen LogP contribution in [0.1, 0.15) is 18.6 Å². The van der Waals surface area contributed by atoms with Gasteiger partial charge in [0.15, 0.2) is 0 Å². The molecule has 0 fully saturated rings. The normalized spacial score (nSPS) is 12.0. The summed E-state index contributed by atoms with van der Waals surface area (Å²) in [5, 5.41) is 0.482. The van der Waals surface area contributed by atoms with E-state index < -0.39 is 17.7 Å². The molecule has 0 aliphatic rings. The maximum Gasteiger partial charge on any atom is 0.149 e. The van der Waals surface area contributed by atoms with Gasteiger partial charge in [-0.15, -0.1) is 0 Å². The van der Waals surface area contributed by atoms with Gasteiger partial charge in [-0.2, -0.15) is 0 Å². The van der Waals surface area contributed by atoms with Crippen LogP contribution in [0.2, 0.25) is 5.02 Å². The fraction of sp³-hybridized carbons (Fsp3) is 0.0909. The molecule has 0 radical (unpaired) electrons. The number of halogens is 3. The van der Waals surface area contributed by atoms with Crippen LogP contribution in [0.5, 0.6) is 17.2 Å². The quantitative estimate of drug-likeness (QED) is 0.375. The maximum absolute atomic E-state index is 14.1. The average molecular weight is 413 g/mol. The van der Waals surface area contributed by atoms with Crippen LogP contribution in [0.3, 0.4) is 0 Å². The van der Waals surface area contributed by atoms with E-state index in [1.165, 1.54) is 24.4 Å². The van der Waals surface area contributed by atoms with E-state index in [1.54, 1.807) is 49.6 Å². The number of fused-ring (bicyclic) bond motifs is 1. The molecule has 4 rings (SSSR count). The number of pyridine rings is 2. The molecule has 0 aliphatic carbocycles. The van der Waals surface area contributed by atoms with Gasteiger partial charge in [0.25, 0.3) is 0 Å². The standard InChI is InChI=1S/C22H15ClF2N2O2/c1-13(28-15-5-3-9-26-11-15)20-19(8-7-17(24)21(20)23)29-16-10-14-4-2-6-18(25)22(14)27-12-16/h2-13H,1H3. The molecule has 2 aromatic heterocycles. The summed E-state index contributed by atoms with van der Waals surface area (Å²) in [6, 6.07) is 12.5. The van der Waals surface area contributed by atoms with Crippen molar-refractivity contribution >= 4 is 22.5 Å². The average Bonchev–Trinajstić information content (AvgIpc) is 2.72. The first kappa shape index (κ1) is 19.1. The minimum Gasteiger partial charge on any atom is -0.484 e. The molecule has 0 N–H and O–H groups in total. The number of rotatable bonds is 5. The van der Waals surface area contributed by atoms with Gasteiger partial charge in [-0.05, 0) is 43.3 Å². The Kier molecular flexibility index (Phi) is 5.27. The Bertz CT molecular complexity index is 1170. The predicted octanol–water partition coefficient (Wildman–Crippen LogP) is 6.49. The van der Waals surface area contributed by atoms with Crippen LogP contribution in [0.25, 0.3) is 10.9 Å². The summed E-state index contributed by atoms with van der Waals surface area (Å²) in [5.41, 5.74) is 0.584. The zero-order chi connectivity index (χ0) is 20.4. The van der Waals surface area contributed by atoms with Crippen molar-refractivity contribution in [3.8, 4) is 17.2 Å². The first-order chi connectivity index (χ1) is 14.0. The maximum atomic E-state index is 14.1. The van der Waals surface area contributed by atoms with Crippen molar-refractivity contribution in [3.63, 3.8) is 0 Å². The van der Waals surface area contributed by atoms with Gasteiger partial charge in [0.1, 0.15) is 40.5 Å². The van der Waals surface area contributed by atoms with Crippen LogP contribution in [0.15, 0.2) is 67.1 Å². The van der Waals surface area contributed by atoms with Crippen LogP contribution in [0.4, 0.5) is 8.78 Å².